The van der Waals surface area contributed by atoms with Crippen molar-refractivity contribution in [2.75, 3.05) is 19.6 Å². The number of piperidine rings is 1. The highest BCUT2D eigenvalue weighted by Gasteiger charge is 2.43. The highest BCUT2D eigenvalue weighted by molar-refractivity contribution is 6.31. The Morgan fingerprint density at radius 1 is 1.21 bits per heavy atom. The Balaban J connectivity index is 1.18. The zero-order valence-corrected chi connectivity index (χ0v) is 17.6. The Morgan fingerprint density at radius 2 is 2.07 bits per heavy atom. The normalized spacial score (nSPS) is 22.9. The lowest BCUT2D eigenvalue weighted by Gasteiger charge is -2.37. The molecule has 4 rings (SSSR count). The number of amides is 1. The SMILES string of the molecule is O=C(CCCCNCCc1ccccc1Cl)C1=CC2CCCN3C(=O)CC(=C1)C23. The first-order valence-electron chi connectivity index (χ1n) is 10.8. The summed E-state index contributed by atoms with van der Waals surface area (Å²) in [5.41, 5.74) is 3.16. The third-order valence-corrected chi connectivity index (χ3v) is 6.69. The third-order valence-electron chi connectivity index (χ3n) is 6.33. The van der Waals surface area contributed by atoms with Crippen LogP contribution in [0.15, 0.2) is 47.6 Å². The van der Waals surface area contributed by atoms with Crippen LogP contribution in [-0.4, -0.2) is 42.3 Å². The summed E-state index contributed by atoms with van der Waals surface area (Å²) in [5.74, 6) is 0.792. The van der Waals surface area contributed by atoms with E-state index >= 15 is 0 Å². The van der Waals surface area contributed by atoms with Gasteiger partial charge in [0.15, 0.2) is 5.78 Å². The maximum atomic E-state index is 12.7. The summed E-state index contributed by atoms with van der Waals surface area (Å²) in [6.07, 6.45) is 10.1. The second-order valence-corrected chi connectivity index (χ2v) is 8.73. The van der Waals surface area contributed by atoms with E-state index in [1.807, 2.05) is 29.2 Å². The molecule has 2 heterocycles. The molecule has 1 aromatic carbocycles. The Bertz CT molecular complexity index is 845. The first kappa shape index (κ1) is 20.4. The van der Waals surface area contributed by atoms with Crippen molar-refractivity contribution in [2.24, 2.45) is 5.92 Å². The van der Waals surface area contributed by atoms with Crippen LogP contribution in [0.25, 0.3) is 0 Å². The standard InChI is InChI=1S/C24H29ClN2O2/c25-21-8-2-1-6-17(21)10-12-26-11-4-3-9-22(28)19-14-18-7-5-13-27-23(29)16-20(15-19)24(18)27/h1-2,6,8,14-15,18,24,26H,3-5,7,9-13,16H2. The van der Waals surface area contributed by atoms with Crippen LogP contribution >= 0.6 is 11.6 Å². The van der Waals surface area contributed by atoms with Crippen LogP contribution in [0.2, 0.25) is 5.02 Å². The minimum atomic E-state index is 0.225. The molecule has 0 saturated carbocycles. The number of carbonyl (C=O) groups excluding carboxylic acids is 2. The number of hydrogen-bond donors (Lipinski definition) is 1. The average molecular weight is 413 g/mol. The zero-order valence-electron chi connectivity index (χ0n) is 16.8. The van der Waals surface area contributed by atoms with Gasteiger partial charge in [-0.25, -0.2) is 0 Å². The van der Waals surface area contributed by atoms with Gasteiger partial charge in [0.25, 0.3) is 0 Å². The smallest absolute Gasteiger partial charge is 0.227 e. The lowest BCUT2D eigenvalue weighted by atomic mass is 9.80. The van der Waals surface area contributed by atoms with Crippen LogP contribution in [0, 0.1) is 5.92 Å². The number of halogens is 1. The summed E-state index contributed by atoms with van der Waals surface area (Å²) < 4.78 is 0. The summed E-state index contributed by atoms with van der Waals surface area (Å²) in [4.78, 5) is 26.9. The molecular weight excluding hydrogens is 384 g/mol. The molecule has 0 bridgehead atoms. The number of allylic oxidation sites excluding steroid dienone is 2. The van der Waals surface area contributed by atoms with Gasteiger partial charge >= 0.3 is 0 Å². The summed E-state index contributed by atoms with van der Waals surface area (Å²) in [6.45, 7) is 2.67. The van der Waals surface area contributed by atoms with Crippen molar-refractivity contribution in [2.45, 2.75) is 51.0 Å². The van der Waals surface area contributed by atoms with E-state index < -0.39 is 0 Å². The fourth-order valence-electron chi connectivity index (χ4n) is 4.85. The van der Waals surface area contributed by atoms with Crippen LogP contribution in [0.4, 0.5) is 0 Å². The average Bonchev–Trinajstić information content (AvgIpc) is 3.05. The van der Waals surface area contributed by atoms with Crippen LogP contribution in [0.5, 0.6) is 0 Å². The van der Waals surface area contributed by atoms with E-state index in [1.54, 1.807) is 0 Å². The van der Waals surface area contributed by atoms with E-state index in [-0.39, 0.29) is 17.7 Å². The van der Waals surface area contributed by atoms with Crippen molar-refractivity contribution in [1.82, 2.24) is 10.2 Å². The molecule has 5 heteroatoms. The Labute approximate surface area is 178 Å². The van der Waals surface area contributed by atoms with E-state index in [9.17, 15) is 9.59 Å². The molecule has 4 nitrogen and oxygen atoms in total. The van der Waals surface area contributed by atoms with Crippen LogP contribution in [0.1, 0.15) is 44.1 Å². The molecule has 154 valence electrons. The van der Waals surface area contributed by atoms with E-state index in [0.717, 1.165) is 67.9 Å². The van der Waals surface area contributed by atoms with Gasteiger partial charge in [0.2, 0.25) is 5.91 Å². The number of hydrogen-bond acceptors (Lipinski definition) is 3. The van der Waals surface area contributed by atoms with Crippen molar-refractivity contribution in [3.63, 3.8) is 0 Å². The van der Waals surface area contributed by atoms with Gasteiger partial charge in [-0.05, 0) is 68.5 Å². The quantitative estimate of drug-likeness (QED) is 0.621. The number of ketones is 1. The number of Topliss-reactive ketones (excluding diaryl/α,β-unsaturated/α-hetero) is 1. The predicted octanol–water partition coefficient (Wildman–Crippen LogP) is 4.09. The number of unbranched alkanes of at least 4 members (excludes halogenated alkanes) is 1. The molecule has 3 aliphatic rings. The van der Waals surface area contributed by atoms with Crippen LogP contribution in [0.3, 0.4) is 0 Å². The molecule has 0 spiro atoms. The summed E-state index contributed by atoms with van der Waals surface area (Å²) in [6, 6.07) is 8.17. The zero-order chi connectivity index (χ0) is 20.2. The van der Waals surface area contributed by atoms with Crippen molar-refractivity contribution in [1.29, 1.82) is 0 Å². The van der Waals surface area contributed by atoms with Gasteiger partial charge in [0.05, 0.1) is 12.5 Å². The summed E-state index contributed by atoms with van der Waals surface area (Å²) in [5, 5.41) is 4.26. The maximum Gasteiger partial charge on any atom is 0.227 e. The molecule has 29 heavy (non-hydrogen) atoms. The van der Waals surface area contributed by atoms with Crippen molar-refractivity contribution in [3.8, 4) is 0 Å². The van der Waals surface area contributed by atoms with Crippen LogP contribution < -0.4 is 5.32 Å². The van der Waals surface area contributed by atoms with Gasteiger partial charge in [0, 0.05) is 29.5 Å². The second-order valence-electron chi connectivity index (χ2n) is 8.33. The minimum absolute atomic E-state index is 0.225. The summed E-state index contributed by atoms with van der Waals surface area (Å²) in [7, 11) is 0. The van der Waals surface area contributed by atoms with E-state index in [2.05, 4.69) is 17.5 Å². The fourth-order valence-corrected chi connectivity index (χ4v) is 5.08. The fraction of sp³-hybridized carbons (Fsp3) is 0.500. The number of rotatable bonds is 9. The van der Waals surface area contributed by atoms with Crippen molar-refractivity contribution >= 4 is 23.3 Å². The molecule has 2 atom stereocenters. The number of nitrogens with one attached hydrogen (secondary N) is 1. The van der Waals surface area contributed by atoms with Gasteiger partial charge in [-0.1, -0.05) is 35.9 Å². The van der Waals surface area contributed by atoms with Gasteiger partial charge < -0.3 is 10.2 Å². The maximum absolute atomic E-state index is 12.7. The molecule has 2 fully saturated rings. The molecule has 2 saturated heterocycles. The van der Waals surface area contributed by atoms with E-state index in [1.165, 1.54) is 5.56 Å². The van der Waals surface area contributed by atoms with Gasteiger partial charge in [-0.2, -0.15) is 0 Å². The molecule has 2 aliphatic heterocycles. The number of carbonyl (C=O) groups is 2. The number of benzene rings is 1. The minimum Gasteiger partial charge on any atom is -0.335 e. The highest BCUT2D eigenvalue weighted by atomic mass is 35.5. The molecule has 1 aliphatic carbocycles. The molecule has 0 aromatic heterocycles. The Kier molecular flexibility index (Phi) is 6.51. The molecule has 1 amide bonds. The van der Waals surface area contributed by atoms with Crippen molar-refractivity contribution < 1.29 is 9.59 Å². The first-order chi connectivity index (χ1) is 14.1. The second kappa shape index (κ2) is 9.27. The predicted molar refractivity (Wildman–Crippen MR) is 116 cm³/mol. The third kappa shape index (κ3) is 4.65. The highest BCUT2D eigenvalue weighted by Crippen LogP contribution is 2.40. The molecule has 1 N–H and O–H groups in total. The van der Waals surface area contributed by atoms with Crippen LogP contribution in [-0.2, 0) is 16.0 Å². The first-order valence-corrected chi connectivity index (χ1v) is 11.2. The Morgan fingerprint density at radius 3 is 2.93 bits per heavy atom. The van der Waals surface area contributed by atoms with Gasteiger partial charge in [0.1, 0.15) is 0 Å². The molecule has 1 aromatic rings. The Hall–Kier alpha value is -1.91. The van der Waals surface area contributed by atoms with E-state index in [0.29, 0.717) is 18.8 Å². The molecule has 2 unspecified atom stereocenters. The molecule has 0 radical (unpaired) electrons. The van der Waals surface area contributed by atoms with Crippen molar-refractivity contribution in [3.05, 3.63) is 58.1 Å². The monoisotopic (exact) mass is 412 g/mol. The largest absolute Gasteiger partial charge is 0.335 e. The molecular formula is C24H29ClN2O2. The van der Waals surface area contributed by atoms with Gasteiger partial charge in [-0.3, -0.25) is 9.59 Å². The number of nitrogens with zero attached hydrogens (tertiary/aromatic N) is 1. The topological polar surface area (TPSA) is 49.4 Å². The lowest BCUT2D eigenvalue weighted by Crippen LogP contribution is -2.43. The van der Waals surface area contributed by atoms with E-state index in [4.69, 9.17) is 11.6 Å². The lowest BCUT2D eigenvalue weighted by molar-refractivity contribution is -0.130. The summed E-state index contributed by atoms with van der Waals surface area (Å²) >= 11 is 6.17. The van der Waals surface area contributed by atoms with Gasteiger partial charge in [-0.15, -0.1) is 0 Å².